The third-order valence-electron chi connectivity index (χ3n) is 5.59. The molecule has 4 rings (SSSR count). The second-order valence-corrected chi connectivity index (χ2v) is 6.88. The van der Waals surface area contributed by atoms with Gasteiger partial charge in [0.25, 0.3) is 5.91 Å². The van der Waals surface area contributed by atoms with Crippen LogP contribution in [-0.2, 0) is 0 Å². The van der Waals surface area contributed by atoms with Crippen LogP contribution in [0.15, 0.2) is 48.7 Å². The van der Waals surface area contributed by atoms with E-state index in [9.17, 15) is 4.79 Å². The topological polar surface area (TPSA) is 42.0 Å². The van der Waals surface area contributed by atoms with Gasteiger partial charge in [-0.25, -0.2) is 0 Å². The first-order valence-corrected chi connectivity index (χ1v) is 8.52. The van der Waals surface area contributed by atoms with Gasteiger partial charge in [-0.15, -0.1) is 0 Å². The fraction of sp³-hybridized carbons (Fsp3) is 0.400. The number of hydrogen-bond acceptors (Lipinski definition) is 2. The molecule has 0 saturated heterocycles. The molecule has 2 saturated carbocycles. The number of carbonyl (C=O) groups is 1. The van der Waals surface area contributed by atoms with Crippen molar-refractivity contribution in [1.29, 1.82) is 0 Å². The van der Waals surface area contributed by atoms with Crippen molar-refractivity contribution in [1.82, 2.24) is 10.3 Å². The van der Waals surface area contributed by atoms with Crippen molar-refractivity contribution in [2.75, 3.05) is 0 Å². The van der Waals surface area contributed by atoms with Crippen LogP contribution in [0.1, 0.15) is 46.8 Å². The number of pyridine rings is 1. The smallest absolute Gasteiger partial charge is 0.253 e. The normalized spacial score (nSPS) is 28.7. The molecule has 2 aliphatic carbocycles. The standard InChI is InChI=1S/C20H22N2O/c1-13-10-11-15(12-21-13)20(23)22-19-17-9-5-8-16(17)18(19)14-6-3-2-4-7-14/h2-4,6-7,10-12,16-19H,5,8-9H2,1H3,(H,22,23)/t16-,17+,18+,19+/m0/s1. The summed E-state index contributed by atoms with van der Waals surface area (Å²) in [6.07, 6.45) is 5.50. The Morgan fingerprint density at radius 3 is 2.61 bits per heavy atom. The average Bonchev–Trinajstić information content (AvgIpc) is 2.98. The summed E-state index contributed by atoms with van der Waals surface area (Å²) in [6, 6.07) is 14.7. The van der Waals surface area contributed by atoms with Crippen molar-refractivity contribution in [3.63, 3.8) is 0 Å². The van der Waals surface area contributed by atoms with Crippen LogP contribution < -0.4 is 5.32 Å². The summed E-state index contributed by atoms with van der Waals surface area (Å²) >= 11 is 0. The molecule has 1 aromatic heterocycles. The van der Waals surface area contributed by atoms with Gasteiger partial charge in [0, 0.05) is 23.9 Å². The van der Waals surface area contributed by atoms with Gasteiger partial charge in [0.2, 0.25) is 0 Å². The molecule has 1 heterocycles. The molecule has 2 aliphatic rings. The molecule has 2 aromatic rings. The van der Waals surface area contributed by atoms with Gasteiger partial charge < -0.3 is 5.32 Å². The molecule has 0 aliphatic heterocycles. The molecule has 0 bridgehead atoms. The first-order valence-electron chi connectivity index (χ1n) is 8.52. The van der Waals surface area contributed by atoms with Crippen LogP contribution >= 0.6 is 0 Å². The van der Waals surface area contributed by atoms with Gasteiger partial charge in [-0.1, -0.05) is 36.8 Å². The molecular formula is C20H22N2O. The van der Waals surface area contributed by atoms with E-state index in [2.05, 4.69) is 40.6 Å². The van der Waals surface area contributed by atoms with Gasteiger partial charge in [-0.2, -0.15) is 0 Å². The van der Waals surface area contributed by atoms with E-state index >= 15 is 0 Å². The molecule has 3 heteroatoms. The molecule has 4 atom stereocenters. The van der Waals surface area contributed by atoms with E-state index in [-0.39, 0.29) is 11.9 Å². The zero-order valence-corrected chi connectivity index (χ0v) is 13.4. The third kappa shape index (κ3) is 2.54. The first kappa shape index (κ1) is 14.4. The molecule has 1 amide bonds. The summed E-state index contributed by atoms with van der Waals surface area (Å²) in [7, 11) is 0. The number of benzene rings is 1. The lowest BCUT2D eigenvalue weighted by Crippen LogP contribution is -2.56. The quantitative estimate of drug-likeness (QED) is 0.939. The van der Waals surface area contributed by atoms with Gasteiger partial charge in [0.15, 0.2) is 0 Å². The summed E-state index contributed by atoms with van der Waals surface area (Å²) in [5, 5.41) is 3.29. The Balaban J connectivity index is 1.54. The lowest BCUT2D eigenvalue weighted by atomic mass is 9.60. The van der Waals surface area contributed by atoms with E-state index < -0.39 is 0 Å². The molecule has 2 fully saturated rings. The first-order chi connectivity index (χ1) is 11.2. The third-order valence-corrected chi connectivity index (χ3v) is 5.59. The largest absolute Gasteiger partial charge is 0.348 e. The Labute approximate surface area is 137 Å². The molecule has 1 aromatic carbocycles. The van der Waals surface area contributed by atoms with Gasteiger partial charge in [-0.3, -0.25) is 9.78 Å². The molecule has 23 heavy (non-hydrogen) atoms. The van der Waals surface area contributed by atoms with Crippen molar-refractivity contribution in [3.8, 4) is 0 Å². The average molecular weight is 306 g/mol. The number of nitrogens with zero attached hydrogens (tertiary/aromatic N) is 1. The minimum atomic E-state index is 0.00813. The van der Waals surface area contributed by atoms with E-state index in [1.807, 2.05) is 19.1 Å². The molecule has 1 N–H and O–H groups in total. The van der Waals surface area contributed by atoms with Crippen LogP contribution in [0.2, 0.25) is 0 Å². The summed E-state index contributed by atoms with van der Waals surface area (Å²) in [4.78, 5) is 16.8. The minimum absolute atomic E-state index is 0.00813. The highest BCUT2D eigenvalue weighted by atomic mass is 16.1. The van der Waals surface area contributed by atoms with Gasteiger partial charge >= 0.3 is 0 Å². The maximum Gasteiger partial charge on any atom is 0.253 e. The summed E-state index contributed by atoms with van der Waals surface area (Å²) in [6.45, 7) is 1.93. The number of rotatable bonds is 3. The molecule has 0 radical (unpaired) electrons. The minimum Gasteiger partial charge on any atom is -0.348 e. The summed E-state index contributed by atoms with van der Waals surface area (Å²) in [5.74, 6) is 1.85. The lowest BCUT2D eigenvalue weighted by molar-refractivity contribution is 0.0691. The Bertz CT molecular complexity index is 695. The Morgan fingerprint density at radius 2 is 1.87 bits per heavy atom. The Kier molecular flexibility index (Phi) is 3.64. The van der Waals surface area contributed by atoms with Gasteiger partial charge in [-0.05, 0) is 49.3 Å². The predicted molar refractivity (Wildman–Crippen MR) is 90.2 cm³/mol. The monoisotopic (exact) mass is 306 g/mol. The Morgan fingerprint density at radius 1 is 1.09 bits per heavy atom. The van der Waals surface area contributed by atoms with Crippen molar-refractivity contribution in [2.45, 2.75) is 38.1 Å². The maximum atomic E-state index is 12.6. The predicted octanol–water partition coefficient (Wildman–Crippen LogP) is 3.70. The summed E-state index contributed by atoms with van der Waals surface area (Å²) in [5.41, 5.74) is 2.95. The van der Waals surface area contributed by atoms with Crippen molar-refractivity contribution in [2.24, 2.45) is 11.8 Å². The van der Waals surface area contributed by atoms with E-state index in [0.29, 0.717) is 17.4 Å². The van der Waals surface area contributed by atoms with E-state index in [1.165, 1.54) is 24.8 Å². The number of hydrogen-bond donors (Lipinski definition) is 1. The SMILES string of the molecule is Cc1ccc(C(=O)N[C@@H]2[C@@H]3CCC[C@@H]3[C@H]2c2ccccc2)cn1. The van der Waals surface area contributed by atoms with Crippen molar-refractivity contribution < 1.29 is 4.79 Å². The zero-order valence-electron chi connectivity index (χ0n) is 13.4. The highest BCUT2D eigenvalue weighted by molar-refractivity contribution is 5.94. The number of aryl methyl sites for hydroxylation is 1. The molecular weight excluding hydrogens is 284 g/mol. The Hall–Kier alpha value is -2.16. The van der Waals surface area contributed by atoms with Crippen LogP contribution in [0.4, 0.5) is 0 Å². The van der Waals surface area contributed by atoms with E-state index in [0.717, 1.165) is 11.6 Å². The van der Waals surface area contributed by atoms with Crippen LogP contribution in [0.5, 0.6) is 0 Å². The van der Waals surface area contributed by atoms with Crippen LogP contribution in [0.25, 0.3) is 0 Å². The fourth-order valence-corrected chi connectivity index (χ4v) is 4.46. The highest BCUT2D eigenvalue weighted by Gasteiger charge is 2.53. The summed E-state index contributed by atoms with van der Waals surface area (Å²) < 4.78 is 0. The lowest BCUT2D eigenvalue weighted by Gasteiger charge is -2.49. The van der Waals surface area contributed by atoms with Crippen molar-refractivity contribution in [3.05, 3.63) is 65.5 Å². The maximum absolute atomic E-state index is 12.6. The number of amides is 1. The van der Waals surface area contributed by atoms with Crippen molar-refractivity contribution >= 4 is 5.91 Å². The number of fused-ring (bicyclic) bond motifs is 1. The number of aromatic nitrogens is 1. The number of nitrogens with one attached hydrogen (secondary N) is 1. The second kappa shape index (κ2) is 5.80. The molecule has 0 spiro atoms. The number of carbonyl (C=O) groups excluding carboxylic acids is 1. The van der Waals surface area contributed by atoms with Crippen LogP contribution in [0.3, 0.4) is 0 Å². The van der Waals surface area contributed by atoms with Gasteiger partial charge in [0.05, 0.1) is 5.56 Å². The fourth-order valence-electron chi connectivity index (χ4n) is 4.46. The highest BCUT2D eigenvalue weighted by Crippen LogP contribution is 2.55. The van der Waals surface area contributed by atoms with E-state index in [1.54, 1.807) is 6.20 Å². The molecule has 118 valence electrons. The molecule has 3 nitrogen and oxygen atoms in total. The second-order valence-electron chi connectivity index (χ2n) is 6.88. The van der Waals surface area contributed by atoms with Crippen LogP contribution in [-0.4, -0.2) is 16.9 Å². The molecule has 0 unspecified atom stereocenters. The van der Waals surface area contributed by atoms with Gasteiger partial charge in [0.1, 0.15) is 0 Å². The van der Waals surface area contributed by atoms with Crippen LogP contribution in [0, 0.1) is 18.8 Å². The van der Waals surface area contributed by atoms with E-state index in [4.69, 9.17) is 0 Å². The zero-order chi connectivity index (χ0) is 15.8.